The summed E-state index contributed by atoms with van der Waals surface area (Å²) in [5.74, 6) is 0.348. The van der Waals surface area contributed by atoms with Gasteiger partial charge in [0.15, 0.2) is 12.0 Å². The number of aldehydes is 1. The van der Waals surface area contributed by atoms with Gasteiger partial charge in [-0.05, 0) is 42.9 Å². The van der Waals surface area contributed by atoms with E-state index in [4.69, 9.17) is 4.42 Å². The molecular formula is C18H19F3N2O2. The number of halogens is 3. The lowest BCUT2D eigenvalue weighted by Crippen LogP contribution is -2.43. The highest BCUT2D eigenvalue weighted by molar-refractivity contribution is 5.73. The normalized spacial score (nSPS) is 17.0. The van der Waals surface area contributed by atoms with Gasteiger partial charge in [0.05, 0.1) is 5.56 Å². The second-order valence-electron chi connectivity index (χ2n) is 6.32. The second-order valence-corrected chi connectivity index (χ2v) is 6.32. The van der Waals surface area contributed by atoms with Gasteiger partial charge in [-0.3, -0.25) is 9.69 Å². The van der Waals surface area contributed by atoms with Crippen LogP contribution >= 0.6 is 0 Å². The van der Waals surface area contributed by atoms with Crippen molar-refractivity contribution in [1.29, 1.82) is 0 Å². The van der Waals surface area contributed by atoms with E-state index in [1.807, 2.05) is 7.05 Å². The molecule has 3 rings (SSSR count). The lowest BCUT2D eigenvalue weighted by molar-refractivity contribution is -0.137. The van der Waals surface area contributed by atoms with Crippen molar-refractivity contribution in [2.45, 2.75) is 12.7 Å². The average molecular weight is 352 g/mol. The van der Waals surface area contributed by atoms with Crippen LogP contribution in [0.1, 0.15) is 21.7 Å². The van der Waals surface area contributed by atoms with E-state index < -0.39 is 11.7 Å². The van der Waals surface area contributed by atoms with Gasteiger partial charge in [-0.2, -0.15) is 13.2 Å². The Morgan fingerprint density at radius 1 is 1.12 bits per heavy atom. The van der Waals surface area contributed by atoms with Crippen LogP contribution in [0.5, 0.6) is 0 Å². The number of rotatable bonds is 4. The Morgan fingerprint density at radius 2 is 1.84 bits per heavy atom. The van der Waals surface area contributed by atoms with Crippen LogP contribution in [-0.2, 0) is 12.7 Å². The minimum absolute atomic E-state index is 0.0908. The Bertz CT molecular complexity index is 747. The fourth-order valence-electron chi connectivity index (χ4n) is 2.92. The smallest absolute Gasteiger partial charge is 0.416 e. The molecule has 0 spiro atoms. The number of alkyl halides is 3. The summed E-state index contributed by atoms with van der Waals surface area (Å²) in [6.45, 7) is 3.88. The first-order valence-electron chi connectivity index (χ1n) is 8.02. The molecule has 1 aliphatic rings. The number of furan rings is 1. The number of hydrogen-bond donors (Lipinski definition) is 0. The van der Waals surface area contributed by atoms with Crippen molar-refractivity contribution in [3.63, 3.8) is 0 Å². The van der Waals surface area contributed by atoms with Gasteiger partial charge in [0, 0.05) is 38.3 Å². The zero-order valence-electron chi connectivity index (χ0n) is 13.8. The molecule has 1 fully saturated rings. The van der Waals surface area contributed by atoms with Gasteiger partial charge in [0.2, 0.25) is 0 Å². The molecule has 1 aliphatic heterocycles. The third kappa shape index (κ3) is 4.29. The monoisotopic (exact) mass is 352 g/mol. The highest BCUT2D eigenvalue weighted by Crippen LogP contribution is 2.34. The van der Waals surface area contributed by atoms with E-state index >= 15 is 0 Å². The molecule has 1 aromatic heterocycles. The predicted octanol–water partition coefficient (Wildman–Crippen LogP) is 3.53. The maximum Gasteiger partial charge on any atom is 0.416 e. The molecule has 134 valence electrons. The highest BCUT2D eigenvalue weighted by Gasteiger charge is 2.31. The van der Waals surface area contributed by atoms with Gasteiger partial charge in [-0.1, -0.05) is 0 Å². The van der Waals surface area contributed by atoms with Gasteiger partial charge in [-0.15, -0.1) is 0 Å². The molecule has 0 amide bonds. The number of likely N-dealkylation sites (N-methyl/N-ethyl adjacent to an activating group) is 1. The van der Waals surface area contributed by atoms with E-state index in [0.29, 0.717) is 24.0 Å². The van der Waals surface area contributed by atoms with Crippen molar-refractivity contribution in [2.24, 2.45) is 0 Å². The molecule has 0 atom stereocenters. The third-order valence-electron chi connectivity index (χ3n) is 4.35. The van der Waals surface area contributed by atoms with Crippen molar-refractivity contribution >= 4 is 6.29 Å². The topological polar surface area (TPSA) is 36.7 Å². The van der Waals surface area contributed by atoms with Crippen LogP contribution in [0.2, 0.25) is 0 Å². The molecule has 1 aromatic carbocycles. The van der Waals surface area contributed by atoms with Crippen molar-refractivity contribution < 1.29 is 22.4 Å². The van der Waals surface area contributed by atoms with Crippen molar-refractivity contribution in [3.8, 4) is 11.3 Å². The summed E-state index contributed by atoms with van der Waals surface area (Å²) in [4.78, 5) is 15.1. The fraction of sp³-hybridized carbons (Fsp3) is 0.389. The van der Waals surface area contributed by atoms with Crippen LogP contribution < -0.4 is 0 Å². The average Bonchev–Trinajstić information content (AvgIpc) is 3.05. The summed E-state index contributed by atoms with van der Waals surface area (Å²) in [6.07, 6.45) is -3.91. The Labute approximate surface area is 143 Å². The molecule has 1 saturated heterocycles. The zero-order chi connectivity index (χ0) is 18.0. The maximum atomic E-state index is 13.3. The number of nitrogens with zero attached hydrogens (tertiary/aromatic N) is 2. The van der Waals surface area contributed by atoms with Gasteiger partial charge in [-0.25, -0.2) is 0 Å². The van der Waals surface area contributed by atoms with Gasteiger partial charge < -0.3 is 9.32 Å². The standard InChI is InChI=1S/C18H19F3N2O2/c1-22-4-6-23(7-5-22)11-13-8-14(10-15(9-13)18(19,20)21)17-3-2-16(12-24)25-17/h2-3,8-10,12H,4-7,11H2,1H3. The Balaban J connectivity index is 1.91. The molecule has 2 heterocycles. The van der Waals surface area contributed by atoms with Crippen LogP contribution in [0.3, 0.4) is 0 Å². The molecule has 0 unspecified atom stereocenters. The summed E-state index contributed by atoms with van der Waals surface area (Å²) in [7, 11) is 2.03. The Hall–Kier alpha value is -2.12. The van der Waals surface area contributed by atoms with Gasteiger partial charge in [0.1, 0.15) is 5.76 Å². The first-order valence-corrected chi connectivity index (χ1v) is 8.02. The number of benzene rings is 1. The van der Waals surface area contributed by atoms with Crippen LogP contribution in [-0.4, -0.2) is 49.3 Å². The number of hydrogen-bond acceptors (Lipinski definition) is 4. The molecule has 0 N–H and O–H groups in total. The molecule has 4 nitrogen and oxygen atoms in total. The molecule has 0 radical (unpaired) electrons. The molecule has 7 heteroatoms. The van der Waals surface area contributed by atoms with Crippen LogP contribution in [0.4, 0.5) is 13.2 Å². The maximum absolute atomic E-state index is 13.3. The predicted molar refractivity (Wildman–Crippen MR) is 87.3 cm³/mol. The number of piperazine rings is 1. The molecule has 0 bridgehead atoms. The SMILES string of the molecule is CN1CCN(Cc2cc(-c3ccc(C=O)o3)cc(C(F)(F)F)c2)CC1. The minimum atomic E-state index is -4.44. The molecule has 0 aliphatic carbocycles. The number of carbonyl (C=O) groups is 1. The summed E-state index contributed by atoms with van der Waals surface area (Å²) < 4.78 is 45.1. The van der Waals surface area contributed by atoms with Crippen LogP contribution in [0.15, 0.2) is 34.7 Å². The summed E-state index contributed by atoms with van der Waals surface area (Å²) >= 11 is 0. The molecule has 0 saturated carbocycles. The number of carbonyl (C=O) groups excluding carboxylic acids is 1. The van der Waals surface area contributed by atoms with E-state index in [1.54, 1.807) is 6.07 Å². The zero-order valence-corrected chi connectivity index (χ0v) is 13.8. The van der Waals surface area contributed by atoms with E-state index in [2.05, 4.69) is 9.80 Å². The Morgan fingerprint density at radius 3 is 2.44 bits per heavy atom. The van der Waals surface area contributed by atoms with E-state index in [9.17, 15) is 18.0 Å². The van der Waals surface area contributed by atoms with Gasteiger partial charge in [0.25, 0.3) is 0 Å². The first-order chi connectivity index (χ1) is 11.8. The van der Waals surface area contributed by atoms with Crippen molar-refractivity contribution in [2.75, 3.05) is 33.2 Å². The summed E-state index contributed by atoms with van der Waals surface area (Å²) in [5.41, 5.74) is 0.198. The third-order valence-corrected chi connectivity index (χ3v) is 4.35. The van der Waals surface area contributed by atoms with E-state index in [-0.39, 0.29) is 11.5 Å². The Kier molecular flexibility index (Phi) is 4.96. The van der Waals surface area contributed by atoms with E-state index in [1.165, 1.54) is 18.2 Å². The fourth-order valence-corrected chi connectivity index (χ4v) is 2.92. The lowest BCUT2D eigenvalue weighted by Gasteiger charge is -2.32. The lowest BCUT2D eigenvalue weighted by atomic mass is 10.0. The molecule has 2 aromatic rings. The summed E-state index contributed by atoms with van der Waals surface area (Å²) in [5, 5.41) is 0. The van der Waals surface area contributed by atoms with Crippen molar-refractivity contribution in [1.82, 2.24) is 9.80 Å². The largest absolute Gasteiger partial charge is 0.453 e. The van der Waals surface area contributed by atoms with E-state index in [0.717, 1.165) is 32.2 Å². The summed E-state index contributed by atoms with van der Waals surface area (Å²) in [6, 6.07) is 6.90. The van der Waals surface area contributed by atoms with Gasteiger partial charge >= 0.3 is 6.18 Å². The van der Waals surface area contributed by atoms with Crippen LogP contribution in [0, 0.1) is 0 Å². The highest BCUT2D eigenvalue weighted by atomic mass is 19.4. The first kappa shape index (κ1) is 17.7. The van der Waals surface area contributed by atoms with Crippen LogP contribution in [0.25, 0.3) is 11.3 Å². The van der Waals surface area contributed by atoms with Crippen molar-refractivity contribution in [3.05, 3.63) is 47.2 Å². The molecule has 25 heavy (non-hydrogen) atoms. The quantitative estimate of drug-likeness (QED) is 0.789. The second kappa shape index (κ2) is 7.01. The molecular weight excluding hydrogens is 333 g/mol. The minimum Gasteiger partial charge on any atom is -0.453 e.